The van der Waals surface area contributed by atoms with Crippen LogP contribution in [0.15, 0.2) is 0 Å². The Bertz CT molecular complexity index is 397. The van der Waals surface area contributed by atoms with Crippen molar-refractivity contribution in [1.82, 2.24) is 10.6 Å². The van der Waals surface area contributed by atoms with E-state index in [1.807, 2.05) is 0 Å². The number of carboxylic acids is 1. The third kappa shape index (κ3) is 3.44. The highest BCUT2D eigenvalue weighted by Gasteiger charge is 2.48. The largest absolute Gasteiger partial charge is 0.481 e. The van der Waals surface area contributed by atoms with Gasteiger partial charge in [-0.1, -0.05) is 0 Å². The topological polar surface area (TPSA) is 131 Å². The summed E-state index contributed by atoms with van der Waals surface area (Å²) in [6.07, 6.45) is -1.03. The predicted octanol–water partition coefficient (Wildman–Crippen LogP) is -1.77. The molecule has 1 heterocycles. The number of nitrogens with one attached hydrogen (secondary N) is 2. The van der Waals surface area contributed by atoms with Gasteiger partial charge in [0.2, 0.25) is 11.9 Å². The Labute approximate surface area is 114 Å². The van der Waals surface area contributed by atoms with Gasteiger partial charge in [-0.05, 0) is 13.8 Å². The van der Waals surface area contributed by atoms with Crippen LogP contribution >= 0.6 is 0 Å². The fourth-order valence-corrected chi connectivity index (χ4v) is 1.64. The van der Waals surface area contributed by atoms with Crippen LogP contribution in [0.3, 0.4) is 0 Å². The molecular weight excluding hydrogens is 272 g/mol. The summed E-state index contributed by atoms with van der Waals surface area (Å²) in [7, 11) is 0. The number of hydrogen-bond donors (Lipinski definition) is 3. The highest BCUT2D eigenvalue weighted by molar-refractivity contribution is 6.04. The van der Waals surface area contributed by atoms with E-state index in [-0.39, 0.29) is 13.2 Å². The van der Waals surface area contributed by atoms with Gasteiger partial charge >= 0.3 is 17.9 Å². The number of rotatable bonds is 7. The molecule has 0 aliphatic carbocycles. The van der Waals surface area contributed by atoms with Gasteiger partial charge in [0.15, 0.2) is 5.92 Å². The monoisotopic (exact) mass is 288 g/mol. The van der Waals surface area contributed by atoms with Crippen molar-refractivity contribution in [3.63, 3.8) is 0 Å². The second-order valence-electron chi connectivity index (χ2n) is 3.91. The molecule has 0 aromatic rings. The molecule has 1 aliphatic rings. The molecule has 0 aromatic heterocycles. The maximum atomic E-state index is 11.6. The summed E-state index contributed by atoms with van der Waals surface area (Å²) in [6.45, 7) is 3.22. The van der Waals surface area contributed by atoms with Gasteiger partial charge in [0.05, 0.1) is 13.2 Å². The Morgan fingerprint density at radius 2 is 1.75 bits per heavy atom. The van der Waals surface area contributed by atoms with Crippen LogP contribution in [0.2, 0.25) is 0 Å². The molecule has 9 nitrogen and oxygen atoms in total. The Balaban J connectivity index is 2.74. The van der Waals surface area contributed by atoms with Crippen LogP contribution < -0.4 is 10.6 Å². The SMILES string of the molecule is CCOC(=O)C(NC1NC(=O)C1C(=O)O)C(=O)OCC. The standard InChI is InChI=1S/C11H16N2O7/c1-3-19-10(17)6(11(18)20-4-2)12-7-5(9(15)16)8(14)13-7/h5-7,12H,3-4H2,1-2H3,(H,13,14)(H,15,16). The van der Waals surface area contributed by atoms with Gasteiger partial charge in [-0.2, -0.15) is 0 Å². The summed E-state index contributed by atoms with van der Waals surface area (Å²) >= 11 is 0. The average molecular weight is 288 g/mol. The maximum absolute atomic E-state index is 11.6. The lowest BCUT2D eigenvalue weighted by atomic mass is 9.96. The number of β-lactam (4-membered cyclic amide) rings is 1. The van der Waals surface area contributed by atoms with E-state index in [4.69, 9.17) is 14.6 Å². The Morgan fingerprint density at radius 3 is 2.10 bits per heavy atom. The van der Waals surface area contributed by atoms with Crippen molar-refractivity contribution >= 4 is 23.8 Å². The van der Waals surface area contributed by atoms with E-state index in [0.717, 1.165) is 0 Å². The number of ether oxygens (including phenoxy) is 2. The van der Waals surface area contributed by atoms with Crippen LogP contribution in [0, 0.1) is 5.92 Å². The van der Waals surface area contributed by atoms with Gasteiger partial charge in [-0.3, -0.25) is 14.9 Å². The Morgan fingerprint density at radius 1 is 1.25 bits per heavy atom. The lowest BCUT2D eigenvalue weighted by Crippen LogP contribution is -2.70. The van der Waals surface area contributed by atoms with E-state index in [0.29, 0.717) is 0 Å². The van der Waals surface area contributed by atoms with Crippen LogP contribution in [0.1, 0.15) is 13.8 Å². The second-order valence-corrected chi connectivity index (χ2v) is 3.91. The molecular formula is C11H16N2O7. The van der Waals surface area contributed by atoms with Crippen molar-refractivity contribution in [2.24, 2.45) is 5.92 Å². The zero-order valence-electron chi connectivity index (χ0n) is 11.0. The maximum Gasteiger partial charge on any atom is 0.334 e. The third-order valence-electron chi connectivity index (χ3n) is 2.57. The van der Waals surface area contributed by atoms with E-state index in [1.165, 1.54) is 0 Å². The summed E-state index contributed by atoms with van der Waals surface area (Å²) in [6, 6.07) is -1.48. The Kier molecular flexibility index (Phi) is 5.44. The van der Waals surface area contributed by atoms with E-state index in [2.05, 4.69) is 10.6 Å². The van der Waals surface area contributed by atoms with Crippen LogP contribution in [0.5, 0.6) is 0 Å². The molecule has 9 heteroatoms. The molecule has 2 unspecified atom stereocenters. The zero-order chi connectivity index (χ0) is 15.3. The van der Waals surface area contributed by atoms with Gasteiger partial charge in [0, 0.05) is 0 Å². The molecule has 0 spiro atoms. The lowest BCUT2D eigenvalue weighted by Gasteiger charge is -2.35. The van der Waals surface area contributed by atoms with Gasteiger partial charge in [0.25, 0.3) is 0 Å². The smallest absolute Gasteiger partial charge is 0.334 e. The van der Waals surface area contributed by atoms with Crippen molar-refractivity contribution in [2.75, 3.05) is 13.2 Å². The van der Waals surface area contributed by atoms with E-state index >= 15 is 0 Å². The molecule has 0 aromatic carbocycles. The minimum atomic E-state index is -1.48. The summed E-state index contributed by atoms with van der Waals surface area (Å²) in [5.41, 5.74) is 0. The normalized spacial score (nSPS) is 20.9. The van der Waals surface area contributed by atoms with Gasteiger partial charge in [-0.15, -0.1) is 0 Å². The summed E-state index contributed by atoms with van der Waals surface area (Å²) in [5.74, 6) is -5.19. The fourth-order valence-electron chi connectivity index (χ4n) is 1.64. The Hall–Kier alpha value is -2.16. The van der Waals surface area contributed by atoms with Crippen LogP contribution in [0.25, 0.3) is 0 Å². The van der Waals surface area contributed by atoms with E-state index in [1.54, 1.807) is 13.8 Å². The van der Waals surface area contributed by atoms with Crippen molar-refractivity contribution in [3.8, 4) is 0 Å². The van der Waals surface area contributed by atoms with Gasteiger partial charge in [0.1, 0.15) is 6.17 Å². The average Bonchev–Trinajstić information content (AvgIpc) is 2.33. The highest BCUT2D eigenvalue weighted by Crippen LogP contribution is 2.14. The molecule has 1 saturated heterocycles. The number of hydrogen-bond acceptors (Lipinski definition) is 7. The minimum absolute atomic E-state index is 0.0514. The number of aliphatic carboxylic acids is 1. The lowest BCUT2D eigenvalue weighted by molar-refractivity contribution is -0.164. The summed E-state index contributed by atoms with van der Waals surface area (Å²) in [4.78, 5) is 45.2. The predicted molar refractivity (Wildman–Crippen MR) is 63.2 cm³/mol. The number of carbonyl (C=O) groups excluding carboxylic acids is 3. The third-order valence-corrected chi connectivity index (χ3v) is 2.57. The molecule has 2 atom stereocenters. The summed E-state index contributed by atoms with van der Waals surface area (Å²) in [5, 5.41) is 13.5. The van der Waals surface area contributed by atoms with Crippen molar-refractivity contribution in [1.29, 1.82) is 0 Å². The van der Waals surface area contributed by atoms with Crippen molar-refractivity contribution in [3.05, 3.63) is 0 Å². The van der Waals surface area contributed by atoms with Crippen LogP contribution in [-0.2, 0) is 28.7 Å². The molecule has 0 radical (unpaired) electrons. The quantitative estimate of drug-likeness (QED) is 0.285. The molecule has 112 valence electrons. The fraction of sp³-hybridized carbons (Fsp3) is 0.636. The first-order chi connectivity index (χ1) is 9.42. The molecule has 0 saturated carbocycles. The number of esters is 2. The summed E-state index contributed by atoms with van der Waals surface area (Å²) < 4.78 is 9.40. The van der Waals surface area contributed by atoms with Crippen molar-refractivity contribution < 1.29 is 33.8 Å². The first-order valence-electron chi connectivity index (χ1n) is 6.04. The van der Waals surface area contributed by atoms with Gasteiger partial charge < -0.3 is 19.9 Å². The first kappa shape index (κ1) is 15.9. The number of amides is 1. The molecule has 1 amide bonds. The molecule has 1 rings (SSSR count). The molecule has 0 bridgehead atoms. The molecule has 3 N–H and O–H groups in total. The van der Waals surface area contributed by atoms with Crippen molar-refractivity contribution in [2.45, 2.75) is 26.1 Å². The van der Waals surface area contributed by atoms with Gasteiger partial charge in [-0.25, -0.2) is 9.59 Å². The zero-order valence-corrected chi connectivity index (χ0v) is 11.0. The number of carboxylic acid groups (broad SMARTS) is 1. The minimum Gasteiger partial charge on any atom is -0.481 e. The molecule has 1 aliphatic heterocycles. The van der Waals surface area contributed by atoms with E-state index < -0.39 is 41.9 Å². The molecule has 20 heavy (non-hydrogen) atoms. The second kappa shape index (κ2) is 6.85. The first-order valence-corrected chi connectivity index (χ1v) is 6.04. The molecule has 1 fully saturated rings. The van der Waals surface area contributed by atoms with Crippen LogP contribution in [0.4, 0.5) is 0 Å². The number of carbonyl (C=O) groups is 4. The highest BCUT2D eigenvalue weighted by atomic mass is 16.6. The van der Waals surface area contributed by atoms with E-state index in [9.17, 15) is 19.2 Å². The van der Waals surface area contributed by atoms with Crippen LogP contribution in [-0.4, -0.2) is 54.3 Å².